The molecule has 0 bridgehead atoms. The SMILES string of the molecule is COC(=O)C(C)CN=C(N)Nc1ccc(OC)c(Cl)c1.I. The summed E-state index contributed by atoms with van der Waals surface area (Å²) in [5.74, 6) is 0.0999. The fourth-order valence-electron chi connectivity index (χ4n) is 1.44. The lowest BCUT2D eigenvalue weighted by Gasteiger charge is -2.09. The Morgan fingerprint density at radius 1 is 1.48 bits per heavy atom. The van der Waals surface area contributed by atoms with Crippen molar-refractivity contribution < 1.29 is 14.3 Å². The number of benzene rings is 1. The van der Waals surface area contributed by atoms with Crippen LogP contribution in [0.1, 0.15) is 6.92 Å². The third-order valence-corrected chi connectivity index (χ3v) is 2.86. The highest BCUT2D eigenvalue weighted by Crippen LogP contribution is 2.26. The Morgan fingerprint density at radius 3 is 2.67 bits per heavy atom. The van der Waals surface area contributed by atoms with Crippen LogP contribution in [-0.4, -0.2) is 32.7 Å². The van der Waals surface area contributed by atoms with Gasteiger partial charge in [-0.2, -0.15) is 0 Å². The van der Waals surface area contributed by atoms with Gasteiger partial charge < -0.3 is 20.5 Å². The first-order valence-corrected chi connectivity index (χ1v) is 6.34. The molecule has 0 radical (unpaired) electrons. The van der Waals surface area contributed by atoms with Crippen LogP contribution < -0.4 is 15.8 Å². The molecule has 0 aliphatic carbocycles. The van der Waals surface area contributed by atoms with Crippen LogP contribution in [0, 0.1) is 5.92 Å². The number of esters is 1. The van der Waals surface area contributed by atoms with Gasteiger partial charge in [0.2, 0.25) is 0 Å². The number of anilines is 1. The topological polar surface area (TPSA) is 85.9 Å². The highest BCUT2D eigenvalue weighted by Gasteiger charge is 2.12. The molecule has 21 heavy (non-hydrogen) atoms. The number of halogens is 2. The summed E-state index contributed by atoms with van der Waals surface area (Å²) in [7, 11) is 2.88. The zero-order chi connectivity index (χ0) is 15.1. The van der Waals surface area contributed by atoms with Crippen LogP contribution in [0.15, 0.2) is 23.2 Å². The van der Waals surface area contributed by atoms with Gasteiger partial charge in [-0.05, 0) is 18.2 Å². The number of carbonyl (C=O) groups excluding carboxylic acids is 1. The lowest BCUT2D eigenvalue weighted by molar-refractivity contribution is -0.144. The number of nitrogens with zero attached hydrogens (tertiary/aromatic N) is 1. The molecule has 0 heterocycles. The molecule has 1 aromatic carbocycles. The highest BCUT2D eigenvalue weighted by atomic mass is 127. The summed E-state index contributed by atoms with van der Waals surface area (Å²) in [6, 6.07) is 5.15. The lowest BCUT2D eigenvalue weighted by atomic mass is 10.2. The molecule has 0 aromatic heterocycles. The van der Waals surface area contributed by atoms with Gasteiger partial charge in [-0.25, -0.2) is 0 Å². The first-order chi connectivity index (χ1) is 9.47. The minimum Gasteiger partial charge on any atom is -0.495 e. The number of nitrogens with two attached hydrogens (primary N) is 1. The van der Waals surface area contributed by atoms with Crippen LogP contribution >= 0.6 is 35.6 Å². The Bertz CT molecular complexity index is 511. The van der Waals surface area contributed by atoms with Gasteiger partial charge in [-0.1, -0.05) is 18.5 Å². The maximum atomic E-state index is 11.2. The van der Waals surface area contributed by atoms with Crippen molar-refractivity contribution in [2.75, 3.05) is 26.1 Å². The average molecular weight is 428 g/mol. The predicted molar refractivity (Wildman–Crippen MR) is 94.7 cm³/mol. The molecule has 0 saturated heterocycles. The molecule has 0 amide bonds. The third kappa shape index (κ3) is 6.38. The van der Waals surface area contributed by atoms with Gasteiger partial charge in [0.25, 0.3) is 0 Å². The van der Waals surface area contributed by atoms with Crippen molar-refractivity contribution in [3.8, 4) is 5.75 Å². The summed E-state index contributed by atoms with van der Waals surface area (Å²) in [5.41, 5.74) is 6.41. The molecular formula is C13H19ClIN3O3. The quantitative estimate of drug-likeness (QED) is 0.326. The van der Waals surface area contributed by atoms with Crippen LogP contribution in [-0.2, 0) is 9.53 Å². The largest absolute Gasteiger partial charge is 0.495 e. The number of hydrogen-bond acceptors (Lipinski definition) is 4. The van der Waals surface area contributed by atoms with E-state index < -0.39 is 0 Å². The molecule has 6 nitrogen and oxygen atoms in total. The fraction of sp³-hybridized carbons (Fsp3) is 0.385. The predicted octanol–water partition coefficient (Wildman–Crippen LogP) is 2.50. The fourth-order valence-corrected chi connectivity index (χ4v) is 1.70. The second kappa shape index (κ2) is 9.67. The van der Waals surface area contributed by atoms with Gasteiger partial charge >= 0.3 is 5.97 Å². The molecular weight excluding hydrogens is 409 g/mol. The standard InChI is InChI=1S/C13H18ClN3O3.HI/c1-8(12(18)20-3)7-16-13(15)17-9-4-5-11(19-2)10(14)6-9;/h4-6,8H,7H2,1-3H3,(H3,15,16,17);1H. The molecule has 0 spiro atoms. The Morgan fingerprint density at radius 2 is 2.14 bits per heavy atom. The van der Waals surface area contributed by atoms with E-state index in [0.29, 0.717) is 16.5 Å². The minimum atomic E-state index is -0.347. The maximum absolute atomic E-state index is 11.2. The van der Waals surface area contributed by atoms with E-state index in [0.717, 1.165) is 0 Å². The molecule has 1 aromatic rings. The van der Waals surface area contributed by atoms with Crippen molar-refractivity contribution in [3.63, 3.8) is 0 Å². The summed E-state index contributed by atoms with van der Waals surface area (Å²) < 4.78 is 9.65. The van der Waals surface area contributed by atoms with Crippen molar-refractivity contribution in [2.45, 2.75) is 6.92 Å². The number of hydrogen-bond donors (Lipinski definition) is 2. The molecule has 8 heteroatoms. The zero-order valence-electron chi connectivity index (χ0n) is 12.1. The van der Waals surface area contributed by atoms with E-state index in [1.54, 1.807) is 32.2 Å². The van der Waals surface area contributed by atoms with Crippen molar-refractivity contribution >= 4 is 53.2 Å². The van der Waals surface area contributed by atoms with E-state index in [1.807, 2.05) is 0 Å². The van der Waals surface area contributed by atoms with E-state index in [2.05, 4.69) is 15.0 Å². The second-order valence-electron chi connectivity index (χ2n) is 4.12. The van der Waals surface area contributed by atoms with Crippen LogP contribution in [0.3, 0.4) is 0 Å². The Balaban J connectivity index is 0.00000400. The van der Waals surface area contributed by atoms with Crippen molar-refractivity contribution in [3.05, 3.63) is 23.2 Å². The first kappa shape index (κ1) is 19.8. The Labute approximate surface area is 146 Å². The number of carbonyl (C=O) groups is 1. The van der Waals surface area contributed by atoms with Gasteiger partial charge in [-0.15, -0.1) is 24.0 Å². The van der Waals surface area contributed by atoms with Gasteiger partial charge in [-0.3, -0.25) is 9.79 Å². The zero-order valence-corrected chi connectivity index (χ0v) is 15.1. The van der Waals surface area contributed by atoms with Gasteiger partial charge in [0.15, 0.2) is 5.96 Å². The monoisotopic (exact) mass is 427 g/mol. The van der Waals surface area contributed by atoms with Gasteiger partial charge in [0, 0.05) is 5.69 Å². The molecule has 1 unspecified atom stereocenters. The van der Waals surface area contributed by atoms with Crippen molar-refractivity contribution in [1.29, 1.82) is 0 Å². The van der Waals surface area contributed by atoms with E-state index in [1.165, 1.54) is 7.11 Å². The summed E-state index contributed by atoms with van der Waals surface area (Å²) in [5, 5.41) is 3.35. The lowest BCUT2D eigenvalue weighted by Crippen LogP contribution is -2.25. The van der Waals surface area contributed by atoms with Gasteiger partial charge in [0.05, 0.1) is 31.7 Å². The maximum Gasteiger partial charge on any atom is 0.310 e. The number of rotatable bonds is 5. The summed E-state index contributed by atoms with van der Waals surface area (Å²) in [6.07, 6.45) is 0. The van der Waals surface area contributed by atoms with Crippen molar-refractivity contribution in [2.24, 2.45) is 16.6 Å². The molecule has 3 N–H and O–H groups in total. The summed E-state index contributed by atoms with van der Waals surface area (Å²) in [6.45, 7) is 1.96. The average Bonchev–Trinajstić information content (AvgIpc) is 2.44. The smallest absolute Gasteiger partial charge is 0.310 e. The second-order valence-corrected chi connectivity index (χ2v) is 4.53. The first-order valence-electron chi connectivity index (χ1n) is 5.96. The van der Waals surface area contributed by atoms with Crippen LogP contribution in [0.25, 0.3) is 0 Å². The van der Waals surface area contributed by atoms with Crippen LogP contribution in [0.4, 0.5) is 5.69 Å². The molecule has 1 rings (SSSR count). The molecule has 0 fully saturated rings. The van der Waals surface area contributed by atoms with E-state index in [-0.39, 0.29) is 48.4 Å². The van der Waals surface area contributed by atoms with Crippen LogP contribution in [0.5, 0.6) is 5.75 Å². The molecule has 0 aliphatic heterocycles. The normalized spacial score (nSPS) is 12.1. The van der Waals surface area contributed by atoms with E-state index in [4.69, 9.17) is 22.1 Å². The number of aliphatic imine (C=N–C) groups is 1. The highest BCUT2D eigenvalue weighted by molar-refractivity contribution is 14.0. The molecule has 1 atom stereocenters. The number of ether oxygens (including phenoxy) is 2. The van der Waals surface area contributed by atoms with Crippen molar-refractivity contribution in [1.82, 2.24) is 0 Å². The number of guanidine groups is 1. The number of methoxy groups -OCH3 is 2. The minimum absolute atomic E-state index is 0. The summed E-state index contributed by atoms with van der Waals surface area (Å²) in [4.78, 5) is 15.3. The van der Waals surface area contributed by atoms with Crippen LogP contribution in [0.2, 0.25) is 5.02 Å². The molecule has 118 valence electrons. The molecule has 0 aliphatic rings. The van der Waals surface area contributed by atoms with E-state index >= 15 is 0 Å². The van der Waals surface area contributed by atoms with E-state index in [9.17, 15) is 4.79 Å². The Kier molecular flexibility index (Phi) is 9.11. The number of nitrogens with one attached hydrogen (secondary N) is 1. The Hall–Kier alpha value is -1.22. The third-order valence-electron chi connectivity index (χ3n) is 2.56. The summed E-state index contributed by atoms with van der Waals surface area (Å²) >= 11 is 5.99. The van der Waals surface area contributed by atoms with Gasteiger partial charge in [0.1, 0.15) is 5.75 Å². The molecule has 0 saturated carbocycles.